The monoisotopic (exact) mass is 476 g/mol. The van der Waals surface area contributed by atoms with E-state index in [1.54, 1.807) is 18.2 Å². The van der Waals surface area contributed by atoms with Gasteiger partial charge in [0.2, 0.25) is 0 Å². The summed E-state index contributed by atoms with van der Waals surface area (Å²) in [5.74, 6) is 0.492. The summed E-state index contributed by atoms with van der Waals surface area (Å²) in [6.07, 6.45) is 11.4. The summed E-state index contributed by atoms with van der Waals surface area (Å²) in [5.41, 5.74) is 3.64. The lowest BCUT2D eigenvalue weighted by Gasteiger charge is -2.32. The topological polar surface area (TPSA) is 62.1 Å². The predicted octanol–water partition coefficient (Wildman–Crippen LogP) is 5.71. The molecule has 34 heavy (non-hydrogen) atoms. The first-order valence-corrected chi connectivity index (χ1v) is 12.3. The van der Waals surface area contributed by atoms with E-state index < -0.39 is 5.97 Å². The molecule has 2 aromatic rings. The summed E-state index contributed by atoms with van der Waals surface area (Å²) in [5, 5.41) is 10.3. The van der Waals surface area contributed by atoms with Crippen LogP contribution in [0.15, 0.2) is 65.7 Å². The second kappa shape index (κ2) is 10.2. The molecular weight excluding hydrogens is 448 g/mol. The number of aliphatic imine (C=N–C) groups is 1. The number of likely N-dealkylation sites (tertiary alicyclic amines) is 1. The van der Waals surface area contributed by atoms with E-state index in [1.807, 2.05) is 24.4 Å². The number of carboxylic acids is 1. The highest BCUT2D eigenvalue weighted by atomic mass is 35.5. The summed E-state index contributed by atoms with van der Waals surface area (Å²) in [6, 6.07) is 13.4. The summed E-state index contributed by atoms with van der Waals surface area (Å²) < 4.78 is 6.04. The Morgan fingerprint density at radius 1 is 1.18 bits per heavy atom. The molecule has 0 bridgehead atoms. The number of dihydropyridines is 1. The lowest BCUT2D eigenvalue weighted by Crippen LogP contribution is -2.33. The molecule has 1 saturated heterocycles. The smallest absolute Gasteiger partial charge is 0.335 e. The number of nitrogens with zero attached hydrogens (tertiary/aromatic N) is 2. The third-order valence-corrected chi connectivity index (χ3v) is 7.39. The molecule has 0 spiro atoms. The Hall–Kier alpha value is -2.89. The van der Waals surface area contributed by atoms with Gasteiger partial charge in [-0.25, -0.2) is 4.79 Å². The zero-order valence-electron chi connectivity index (χ0n) is 19.1. The number of rotatable bonds is 5. The van der Waals surface area contributed by atoms with Crippen LogP contribution in [0.25, 0.3) is 5.57 Å². The van der Waals surface area contributed by atoms with Crippen LogP contribution in [-0.2, 0) is 0 Å². The Bertz CT molecular complexity index is 1130. The Labute approximate surface area is 205 Å². The van der Waals surface area contributed by atoms with Crippen LogP contribution in [0.5, 0.6) is 5.75 Å². The van der Waals surface area contributed by atoms with Crippen LogP contribution in [0.4, 0.5) is 0 Å². The molecule has 0 aromatic heterocycles. The summed E-state index contributed by atoms with van der Waals surface area (Å²) >= 11 is 6.04. The fourth-order valence-corrected chi connectivity index (χ4v) is 5.38. The average molecular weight is 477 g/mol. The van der Waals surface area contributed by atoms with Gasteiger partial charge in [0.1, 0.15) is 12.4 Å². The molecule has 3 heterocycles. The second-order valence-electron chi connectivity index (χ2n) is 9.22. The van der Waals surface area contributed by atoms with Gasteiger partial charge in [0, 0.05) is 29.3 Å². The number of hydrogen-bond acceptors (Lipinski definition) is 4. The molecule has 0 amide bonds. The number of allylic oxidation sites excluding steroid dienone is 1. The average Bonchev–Trinajstić information content (AvgIpc) is 3.02. The summed E-state index contributed by atoms with van der Waals surface area (Å²) in [6.45, 7) is 3.63. The maximum Gasteiger partial charge on any atom is 0.335 e. The zero-order valence-corrected chi connectivity index (χ0v) is 19.8. The van der Waals surface area contributed by atoms with Gasteiger partial charge in [-0.3, -0.25) is 4.99 Å². The first kappa shape index (κ1) is 22.9. The largest absolute Gasteiger partial charge is 0.491 e. The fourth-order valence-electron chi connectivity index (χ4n) is 5.25. The van der Waals surface area contributed by atoms with Gasteiger partial charge in [0.15, 0.2) is 0 Å². The van der Waals surface area contributed by atoms with Gasteiger partial charge in [-0.15, -0.1) is 0 Å². The van der Waals surface area contributed by atoms with Crippen LogP contribution >= 0.6 is 11.6 Å². The van der Waals surface area contributed by atoms with Crippen molar-refractivity contribution in [3.05, 3.63) is 82.4 Å². The lowest BCUT2D eigenvalue weighted by molar-refractivity contribution is 0.0697. The fraction of sp³-hybridized carbons (Fsp3) is 0.357. The first-order chi connectivity index (χ1) is 16.6. The standard InChI is InChI=1S/C28H29ClN2O3/c29-22-8-5-19(6-9-22)20-11-15-31(16-12-20)14-2-4-23-24-3-1-13-30-26(24)18-34-27-10-7-21(28(32)33)17-25(23)27/h1,3-10,13,17,20,24,26H,2,11-12,14-16,18H2,(H,32,33)/b23-4+. The number of piperidine rings is 1. The lowest BCUT2D eigenvalue weighted by atomic mass is 9.85. The van der Waals surface area contributed by atoms with Crippen molar-refractivity contribution < 1.29 is 14.6 Å². The molecule has 3 aliphatic heterocycles. The Morgan fingerprint density at radius 2 is 1.97 bits per heavy atom. The normalized spacial score (nSPS) is 23.7. The number of carbonyl (C=O) groups is 1. The number of halogens is 1. The molecule has 0 saturated carbocycles. The van der Waals surface area contributed by atoms with Crippen LogP contribution in [0.2, 0.25) is 5.02 Å². The van der Waals surface area contributed by atoms with Crippen LogP contribution in [0.3, 0.4) is 0 Å². The van der Waals surface area contributed by atoms with Crippen molar-refractivity contribution in [2.45, 2.75) is 31.2 Å². The quantitative estimate of drug-likeness (QED) is 0.600. The van der Waals surface area contributed by atoms with E-state index in [1.165, 1.54) is 5.56 Å². The van der Waals surface area contributed by atoms with Gasteiger partial charge in [0.05, 0.1) is 11.6 Å². The minimum atomic E-state index is -0.927. The molecule has 2 atom stereocenters. The van der Waals surface area contributed by atoms with E-state index in [9.17, 15) is 9.90 Å². The molecule has 1 N–H and O–H groups in total. The predicted molar refractivity (Wildman–Crippen MR) is 136 cm³/mol. The van der Waals surface area contributed by atoms with E-state index in [4.69, 9.17) is 16.3 Å². The molecule has 0 radical (unpaired) electrons. The van der Waals surface area contributed by atoms with E-state index in [-0.39, 0.29) is 17.5 Å². The highest BCUT2D eigenvalue weighted by Gasteiger charge is 2.31. The van der Waals surface area contributed by atoms with Gasteiger partial charge in [-0.05, 0) is 85.8 Å². The van der Waals surface area contributed by atoms with E-state index in [2.05, 4.69) is 34.2 Å². The number of ether oxygens (including phenoxy) is 1. The van der Waals surface area contributed by atoms with E-state index in [0.29, 0.717) is 12.5 Å². The van der Waals surface area contributed by atoms with Crippen molar-refractivity contribution >= 4 is 29.4 Å². The second-order valence-corrected chi connectivity index (χ2v) is 9.66. The molecule has 3 aliphatic rings. The molecule has 2 aromatic carbocycles. The number of hydrogen-bond donors (Lipinski definition) is 1. The number of fused-ring (bicyclic) bond motifs is 2. The maximum atomic E-state index is 11.6. The molecule has 6 heteroatoms. The molecule has 5 rings (SSSR count). The number of carboxylic acid groups (broad SMARTS) is 1. The first-order valence-electron chi connectivity index (χ1n) is 12.0. The minimum Gasteiger partial charge on any atom is -0.491 e. The highest BCUT2D eigenvalue weighted by molar-refractivity contribution is 6.30. The highest BCUT2D eigenvalue weighted by Crippen LogP contribution is 2.39. The van der Waals surface area contributed by atoms with E-state index >= 15 is 0 Å². The Kier molecular flexibility index (Phi) is 6.84. The van der Waals surface area contributed by atoms with Gasteiger partial charge < -0.3 is 14.7 Å². The van der Waals surface area contributed by atoms with Crippen molar-refractivity contribution in [1.29, 1.82) is 0 Å². The van der Waals surface area contributed by atoms with Crippen molar-refractivity contribution in [3.63, 3.8) is 0 Å². The molecule has 1 fully saturated rings. The van der Waals surface area contributed by atoms with Crippen molar-refractivity contribution in [2.75, 3.05) is 26.2 Å². The summed E-state index contributed by atoms with van der Waals surface area (Å²) in [4.78, 5) is 18.8. The van der Waals surface area contributed by atoms with Crippen LogP contribution in [0, 0.1) is 5.92 Å². The minimum absolute atomic E-state index is 0.00653. The zero-order chi connectivity index (χ0) is 23.5. The van der Waals surface area contributed by atoms with Crippen molar-refractivity contribution in [1.82, 2.24) is 4.90 Å². The molecule has 2 unspecified atom stereocenters. The third kappa shape index (κ3) is 4.96. The summed E-state index contributed by atoms with van der Waals surface area (Å²) in [7, 11) is 0. The number of benzene rings is 2. The number of aromatic carboxylic acids is 1. The Balaban J connectivity index is 1.29. The molecule has 5 nitrogen and oxygen atoms in total. The van der Waals surface area contributed by atoms with Crippen LogP contribution in [-0.4, -0.2) is 54.5 Å². The van der Waals surface area contributed by atoms with Crippen LogP contribution < -0.4 is 4.74 Å². The molecule has 176 valence electrons. The van der Waals surface area contributed by atoms with Gasteiger partial charge in [-0.1, -0.05) is 35.9 Å². The van der Waals surface area contributed by atoms with Gasteiger partial charge >= 0.3 is 5.97 Å². The van der Waals surface area contributed by atoms with Crippen LogP contribution in [0.1, 0.15) is 46.7 Å². The SMILES string of the molecule is O=C(O)c1ccc2c(c1)/C(=C/CCN1CCC(c3ccc(Cl)cc3)CC1)C1C=CC=NC1CO2. The maximum absolute atomic E-state index is 11.6. The Morgan fingerprint density at radius 3 is 2.74 bits per heavy atom. The molecular formula is C28H29ClN2O3. The van der Waals surface area contributed by atoms with Crippen molar-refractivity contribution in [2.24, 2.45) is 10.9 Å². The van der Waals surface area contributed by atoms with Gasteiger partial charge in [0.25, 0.3) is 0 Å². The van der Waals surface area contributed by atoms with Gasteiger partial charge in [-0.2, -0.15) is 0 Å². The van der Waals surface area contributed by atoms with Crippen molar-refractivity contribution in [3.8, 4) is 5.75 Å². The molecule has 0 aliphatic carbocycles. The third-order valence-electron chi connectivity index (χ3n) is 7.14. The van der Waals surface area contributed by atoms with E-state index in [0.717, 1.165) is 60.8 Å².